The van der Waals surface area contributed by atoms with Crippen LogP contribution < -0.4 is 21.4 Å². The van der Waals surface area contributed by atoms with Crippen LogP contribution in [0, 0.1) is 5.82 Å². The fourth-order valence-corrected chi connectivity index (χ4v) is 9.28. The van der Waals surface area contributed by atoms with E-state index in [4.69, 9.17) is 9.16 Å². The topological polar surface area (TPSA) is 65.4 Å². The first-order valence-electron chi connectivity index (χ1n) is 12.3. The van der Waals surface area contributed by atoms with Crippen LogP contribution in [-0.4, -0.2) is 36.6 Å². The molecule has 0 amide bonds. The number of halogens is 1. The Morgan fingerprint density at radius 1 is 1.06 bits per heavy atom. The maximum absolute atomic E-state index is 14.6. The minimum absolute atomic E-state index is 0.0483. The lowest BCUT2D eigenvalue weighted by Crippen LogP contribution is -2.67. The Balaban J connectivity index is 1.58. The first-order valence-corrected chi connectivity index (χ1v) is 14.2. The van der Waals surface area contributed by atoms with Gasteiger partial charge in [0.15, 0.2) is 17.9 Å². The van der Waals surface area contributed by atoms with Crippen molar-refractivity contribution < 1.29 is 13.6 Å². The molecule has 2 atom stereocenters. The quantitative estimate of drug-likeness (QED) is 0.365. The molecule has 1 aliphatic rings. The summed E-state index contributed by atoms with van der Waals surface area (Å²) >= 11 is 0. The third kappa shape index (κ3) is 5.21. The van der Waals surface area contributed by atoms with Crippen molar-refractivity contribution in [1.82, 2.24) is 9.55 Å². The van der Waals surface area contributed by atoms with E-state index in [1.807, 2.05) is 56.3 Å². The minimum Gasteiger partial charge on any atom is -0.404 e. The normalized spacial score (nSPS) is 18.1. The number of ether oxygens (including phenoxy) is 1. The van der Waals surface area contributed by atoms with Crippen molar-refractivity contribution in [3.63, 3.8) is 0 Å². The fraction of sp³-hybridized carbons (Fsp3) is 0.357. The van der Waals surface area contributed by atoms with E-state index >= 15 is 0 Å². The van der Waals surface area contributed by atoms with Crippen molar-refractivity contribution >= 4 is 24.5 Å². The Kier molecular flexibility index (Phi) is 7.58. The maximum Gasteiger partial charge on any atom is 0.352 e. The Hall–Kier alpha value is -3.07. The maximum atomic E-state index is 14.6. The van der Waals surface area contributed by atoms with Crippen molar-refractivity contribution in [2.24, 2.45) is 0 Å². The molecule has 0 aliphatic carbocycles. The number of hydrogen-bond donors (Lipinski definition) is 1. The van der Waals surface area contributed by atoms with E-state index in [1.54, 1.807) is 6.08 Å². The molecule has 6 nitrogen and oxygen atoms in total. The molecule has 0 saturated carbocycles. The molecule has 36 heavy (non-hydrogen) atoms. The fourth-order valence-electron chi connectivity index (χ4n) is 4.71. The predicted octanol–water partition coefficient (Wildman–Crippen LogP) is 4.23. The first-order chi connectivity index (χ1) is 17.1. The zero-order valence-electron chi connectivity index (χ0n) is 21.4. The third-order valence-corrected chi connectivity index (χ3v) is 11.3. The second kappa shape index (κ2) is 10.5. The molecule has 0 radical (unpaired) electrons. The molecule has 2 aromatic carbocycles. The Bertz CT molecular complexity index is 1220. The predicted molar refractivity (Wildman–Crippen MR) is 144 cm³/mol. The van der Waals surface area contributed by atoms with Crippen molar-refractivity contribution in [3.8, 4) is 0 Å². The van der Waals surface area contributed by atoms with Gasteiger partial charge in [0.1, 0.15) is 6.10 Å². The van der Waals surface area contributed by atoms with E-state index in [0.29, 0.717) is 6.61 Å². The van der Waals surface area contributed by atoms with E-state index in [2.05, 4.69) is 55.3 Å². The molecule has 0 bridgehead atoms. The first kappa shape index (κ1) is 26.0. The van der Waals surface area contributed by atoms with Gasteiger partial charge in [0, 0.05) is 6.04 Å². The van der Waals surface area contributed by atoms with E-state index in [1.165, 1.54) is 14.9 Å². The molecule has 190 valence electrons. The zero-order chi connectivity index (χ0) is 25.9. The average Bonchev–Trinajstić information content (AvgIpc) is 3.30. The molecule has 1 N–H and O–H groups in total. The molecule has 8 heteroatoms. The van der Waals surface area contributed by atoms with Crippen LogP contribution in [-0.2, 0) is 9.16 Å². The summed E-state index contributed by atoms with van der Waals surface area (Å²) < 4.78 is 28.8. The number of hydrogen-bond acceptors (Lipinski definition) is 5. The summed E-state index contributed by atoms with van der Waals surface area (Å²) in [5.74, 6) is -0.660. The number of anilines is 1. The lowest BCUT2D eigenvalue weighted by atomic mass is 10.2. The van der Waals surface area contributed by atoms with Gasteiger partial charge < -0.3 is 14.5 Å². The Labute approximate surface area is 212 Å². The van der Waals surface area contributed by atoms with Crippen LogP contribution in [0.3, 0.4) is 0 Å². The monoisotopic (exact) mass is 507 g/mol. The highest BCUT2D eigenvalue weighted by molar-refractivity contribution is 6.99. The van der Waals surface area contributed by atoms with Crippen LogP contribution in [0.25, 0.3) is 0 Å². The van der Waals surface area contributed by atoms with Gasteiger partial charge in [0.25, 0.3) is 8.32 Å². The van der Waals surface area contributed by atoms with E-state index in [0.717, 1.165) is 6.20 Å². The minimum atomic E-state index is -2.72. The molecule has 0 unspecified atom stereocenters. The highest BCUT2D eigenvalue weighted by Gasteiger charge is 2.50. The van der Waals surface area contributed by atoms with Crippen LogP contribution in [0.15, 0.2) is 83.8 Å². The lowest BCUT2D eigenvalue weighted by molar-refractivity contribution is -0.00745. The molecule has 0 spiro atoms. The summed E-state index contributed by atoms with van der Waals surface area (Å²) in [6.07, 6.45) is 3.62. The van der Waals surface area contributed by atoms with E-state index in [-0.39, 0.29) is 23.0 Å². The summed E-state index contributed by atoms with van der Waals surface area (Å²) in [6.45, 7) is 10.7. The lowest BCUT2D eigenvalue weighted by Gasteiger charge is -2.43. The summed E-state index contributed by atoms with van der Waals surface area (Å²) in [5.41, 5.74) is -0.581. The van der Waals surface area contributed by atoms with Crippen LogP contribution >= 0.6 is 0 Å². The second-order valence-corrected chi connectivity index (χ2v) is 14.7. The van der Waals surface area contributed by atoms with E-state index < -0.39 is 26.1 Å². The number of rotatable bonds is 8. The van der Waals surface area contributed by atoms with Gasteiger partial charge in [-0.2, -0.15) is 4.98 Å². The Morgan fingerprint density at radius 3 is 2.17 bits per heavy atom. The van der Waals surface area contributed by atoms with Gasteiger partial charge in [-0.25, -0.2) is 9.18 Å². The van der Waals surface area contributed by atoms with Crippen molar-refractivity contribution in [1.29, 1.82) is 0 Å². The number of benzene rings is 2. The molecule has 0 fully saturated rings. The molecule has 0 saturated heterocycles. The van der Waals surface area contributed by atoms with Crippen LogP contribution in [0.4, 0.5) is 10.2 Å². The van der Waals surface area contributed by atoms with Crippen molar-refractivity contribution in [3.05, 3.63) is 95.3 Å². The van der Waals surface area contributed by atoms with Crippen LogP contribution in [0.5, 0.6) is 0 Å². The Morgan fingerprint density at radius 2 is 1.64 bits per heavy atom. The van der Waals surface area contributed by atoms with Crippen LogP contribution in [0.1, 0.15) is 40.8 Å². The molecule has 4 rings (SSSR count). The summed E-state index contributed by atoms with van der Waals surface area (Å²) in [6, 6.07) is 20.7. The largest absolute Gasteiger partial charge is 0.404 e. The third-order valence-electron chi connectivity index (χ3n) is 6.29. The van der Waals surface area contributed by atoms with Crippen molar-refractivity contribution in [2.45, 2.75) is 58.0 Å². The van der Waals surface area contributed by atoms with Gasteiger partial charge in [0.05, 0.1) is 12.8 Å². The molecule has 3 aromatic rings. The van der Waals surface area contributed by atoms with Gasteiger partial charge in [0.2, 0.25) is 0 Å². The molecule has 1 aromatic heterocycles. The standard InChI is InChI=1S/C28H34FN3O3Si/c1-20(2)30-26-24(29)18-32(27(33)31-26)25-17-16-21(35-25)19-34-36(28(3,4)5,22-12-8-6-9-13-22)23-14-10-7-11-15-23/h6-18,20-21,25H,19H2,1-5H3,(H,30,31,33)/t21-,25+/m0/s1. The zero-order valence-corrected chi connectivity index (χ0v) is 22.4. The summed E-state index contributed by atoms with van der Waals surface area (Å²) in [5, 5.41) is 5.04. The molecular weight excluding hydrogens is 473 g/mol. The van der Waals surface area contributed by atoms with Gasteiger partial charge in [-0.15, -0.1) is 0 Å². The molecule has 2 heterocycles. The number of nitrogens with zero attached hydrogens (tertiary/aromatic N) is 2. The van der Waals surface area contributed by atoms with Crippen LogP contribution in [0.2, 0.25) is 5.04 Å². The van der Waals surface area contributed by atoms with Gasteiger partial charge in [-0.05, 0) is 35.3 Å². The highest BCUT2D eigenvalue weighted by Crippen LogP contribution is 2.37. The molecule has 1 aliphatic heterocycles. The SMILES string of the molecule is CC(C)Nc1nc(=O)n([C@H]2C=C[C@@H](CO[Si](c3ccccc3)(c3ccccc3)C(C)(C)C)O2)cc1F. The summed E-state index contributed by atoms with van der Waals surface area (Å²) in [7, 11) is -2.72. The second-order valence-electron chi connectivity index (χ2n) is 10.4. The van der Waals surface area contributed by atoms with Crippen molar-refractivity contribution in [2.75, 3.05) is 11.9 Å². The smallest absolute Gasteiger partial charge is 0.352 e. The average molecular weight is 508 g/mol. The number of aromatic nitrogens is 2. The van der Waals surface area contributed by atoms with Gasteiger partial charge in [-0.3, -0.25) is 4.57 Å². The summed E-state index contributed by atoms with van der Waals surface area (Å²) in [4.78, 5) is 16.5. The van der Waals surface area contributed by atoms with Gasteiger partial charge >= 0.3 is 5.69 Å². The highest BCUT2D eigenvalue weighted by atomic mass is 28.4. The van der Waals surface area contributed by atoms with E-state index in [9.17, 15) is 9.18 Å². The molecular formula is C28H34FN3O3Si. The van der Waals surface area contributed by atoms with Gasteiger partial charge in [-0.1, -0.05) is 87.5 Å². The number of nitrogens with one attached hydrogen (secondary N) is 1.